The fourth-order valence-corrected chi connectivity index (χ4v) is 2.12. The summed E-state index contributed by atoms with van der Waals surface area (Å²) in [5.74, 6) is -1.27. The maximum absolute atomic E-state index is 14.0. The predicted octanol–water partition coefficient (Wildman–Crippen LogP) is 3.93. The van der Waals surface area contributed by atoms with Crippen LogP contribution in [-0.2, 0) is 0 Å². The maximum atomic E-state index is 14.0. The number of rotatable bonds is 3. The Morgan fingerprint density at radius 1 is 1.40 bits per heavy atom. The molecule has 0 saturated heterocycles. The number of halogens is 3. The molecule has 20 heavy (non-hydrogen) atoms. The van der Waals surface area contributed by atoms with Gasteiger partial charge in [0.1, 0.15) is 0 Å². The number of nitrogens with one attached hydrogen (secondary N) is 2. The summed E-state index contributed by atoms with van der Waals surface area (Å²) in [6.45, 7) is 0. The Bertz CT molecular complexity index is 666. The van der Waals surface area contributed by atoms with Crippen LogP contribution in [0.5, 0.6) is 0 Å². The Hall–Kier alpha value is -1.66. The summed E-state index contributed by atoms with van der Waals surface area (Å²) in [6, 6.07) is 6.33. The molecule has 1 aromatic heterocycles. The Balaban J connectivity index is 2.31. The third-order valence-electron chi connectivity index (χ3n) is 2.57. The van der Waals surface area contributed by atoms with E-state index in [2.05, 4.69) is 31.5 Å². The molecule has 0 unspecified atom stereocenters. The number of pyridine rings is 1. The van der Waals surface area contributed by atoms with Crippen LogP contribution in [0.2, 0.25) is 5.02 Å². The molecule has 1 heterocycles. The first-order chi connectivity index (χ1) is 9.54. The molecule has 4 nitrogen and oxygen atoms in total. The van der Waals surface area contributed by atoms with E-state index >= 15 is 0 Å². The van der Waals surface area contributed by atoms with Crippen molar-refractivity contribution in [2.75, 3.05) is 17.7 Å². The summed E-state index contributed by atoms with van der Waals surface area (Å²) in [4.78, 5) is 15.9. The van der Waals surface area contributed by atoms with Crippen molar-refractivity contribution in [3.05, 3.63) is 51.3 Å². The molecule has 2 N–H and O–H groups in total. The maximum Gasteiger partial charge on any atom is 0.258 e. The van der Waals surface area contributed by atoms with Crippen LogP contribution in [0, 0.1) is 5.82 Å². The van der Waals surface area contributed by atoms with Gasteiger partial charge >= 0.3 is 0 Å². The van der Waals surface area contributed by atoms with Crippen LogP contribution in [0.4, 0.5) is 15.9 Å². The lowest BCUT2D eigenvalue weighted by atomic mass is 10.2. The normalized spacial score (nSPS) is 10.2. The summed E-state index contributed by atoms with van der Waals surface area (Å²) in [7, 11) is 1.53. The lowest BCUT2D eigenvalue weighted by molar-refractivity contribution is 0.102. The standard InChI is InChI=1S/C13H10BrClFN3O/c1-17-12-11(16)7(5-6-18-12)13(20)19-9-4-2-3-8(15)10(9)14/h2-6H,1H3,(H,17,18)(H,19,20). The van der Waals surface area contributed by atoms with Gasteiger partial charge in [-0.1, -0.05) is 17.7 Å². The van der Waals surface area contributed by atoms with Crippen molar-refractivity contribution in [2.45, 2.75) is 0 Å². The van der Waals surface area contributed by atoms with Gasteiger partial charge in [-0.05, 0) is 34.1 Å². The van der Waals surface area contributed by atoms with Crippen molar-refractivity contribution >= 4 is 44.9 Å². The monoisotopic (exact) mass is 357 g/mol. The highest BCUT2D eigenvalue weighted by Gasteiger charge is 2.16. The minimum Gasteiger partial charge on any atom is -0.371 e. The first-order valence-electron chi connectivity index (χ1n) is 5.62. The number of hydrogen-bond acceptors (Lipinski definition) is 3. The van der Waals surface area contributed by atoms with Crippen LogP contribution in [-0.4, -0.2) is 17.9 Å². The van der Waals surface area contributed by atoms with Gasteiger partial charge in [-0.3, -0.25) is 4.79 Å². The molecule has 0 fully saturated rings. The van der Waals surface area contributed by atoms with Crippen LogP contribution in [0.1, 0.15) is 10.4 Å². The number of anilines is 2. The molecular weight excluding hydrogens is 349 g/mol. The zero-order chi connectivity index (χ0) is 14.7. The minimum atomic E-state index is -0.703. The summed E-state index contributed by atoms with van der Waals surface area (Å²) in [5, 5.41) is 5.62. The fourth-order valence-electron chi connectivity index (χ4n) is 1.58. The summed E-state index contributed by atoms with van der Waals surface area (Å²) in [5.41, 5.74) is 0.362. The van der Waals surface area contributed by atoms with E-state index in [0.29, 0.717) is 15.2 Å². The largest absolute Gasteiger partial charge is 0.371 e. The topological polar surface area (TPSA) is 54.0 Å². The summed E-state index contributed by atoms with van der Waals surface area (Å²) in [6.07, 6.45) is 1.36. The second-order valence-corrected chi connectivity index (χ2v) is 5.03. The van der Waals surface area contributed by atoms with Crippen molar-refractivity contribution in [2.24, 2.45) is 0 Å². The van der Waals surface area contributed by atoms with E-state index in [4.69, 9.17) is 11.6 Å². The smallest absolute Gasteiger partial charge is 0.258 e. The SMILES string of the molecule is CNc1nccc(C(=O)Nc2cccc(Cl)c2Br)c1F. The van der Waals surface area contributed by atoms with Crippen LogP contribution in [0.15, 0.2) is 34.9 Å². The number of hydrogen-bond donors (Lipinski definition) is 2. The van der Waals surface area contributed by atoms with Crippen molar-refractivity contribution in [3.63, 3.8) is 0 Å². The van der Waals surface area contributed by atoms with Gasteiger partial charge in [0.15, 0.2) is 11.6 Å². The molecule has 0 radical (unpaired) electrons. The average molecular weight is 359 g/mol. The van der Waals surface area contributed by atoms with Gasteiger partial charge in [0.25, 0.3) is 5.91 Å². The number of aromatic nitrogens is 1. The molecule has 1 aromatic carbocycles. The first kappa shape index (κ1) is 14.7. The number of carbonyl (C=O) groups is 1. The van der Waals surface area contributed by atoms with Gasteiger partial charge in [-0.25, -0.2) is 9.37 Å². The summed E-state index contributed by atoms with van der Waals surface area (Å²) < 4.78 is 14.5. The Kier molecular flexibility index (Phi) is 4.57. The first-order valence-corrected chi connectivity index (χ1v) is 6.79. The highest BCUT2D eigenvalue weighted by molar-refractivity contribution is 9.10. The van der Waals surface area contributed by atoms with Gasteiger partial charge in [-0.15, -0.1) is 0 Å². The molecule has 0 spiro atoms. The van der Waals surface area contributed by atoms with Gasteiger partial charge < -0.3 is 10.6 Å². The molecule has 0 aliphatic heterocycles. The second kappa shape index (κ2) is 6.19. The molecular formula is C13H10BrClFN3O. The van der Waals surface area contributed by atoms with E-state index in [-0.39, 0.29) is 11.4 Å². The lowest BCUT2D eigenvalue weighted by Gasteiger charge is -2.10. The van der Waals surface area contributed by atoms with Crippen LogP contribution in [0.3, 0.4) is 0 Å². The lowest BCUT2D eigenvalue weighted by Crippen LogP contribution is -2.15. The molecule has 1 amide bonds. The predicted molar refractivity (Wildman–Crippen MR) is 80.8 cm³/mol. The number of benzene rings is 1. The van der Waals surface area contributed by atoms with E-state index in [0.717, 1.165) is 0 Å². The van der Waals surface area contributed by atoms with Gasteiger partial charge in [0.2, 0.25) is 0 Å². The molecule has 0 atom stereocenters. The van der Waals surface area contributed by atoms with Crippen molar-refractivity contribution in [1.82, 2.24) is 4.98 Å². The average Bonchev–Trinajstić information content (AvgIpc) is 2.44. The zero-order valence-electron chi connectivity index (χ0n) is 10.4. The van der Waals surface area contributed by atoms with Gasteiger partial charge in [0, 0.05) is 13.2 Å². The third kappa shape index (κ3) is 2.91. The highest BCUT2D eigenvalue weighted by atomic mass is 79.9. The second-order valence-electron chi connectivity index (χ2n) is 3.83. The molecule has 7 heteroatoms. The Morgan fingerprint density at radius 3 is 2.85 bits per heavy atom. The third-order valence-corrected chi connectivity index (χ3v) is 3.97. The number of nitrogens with zero attached hydrogens (tertiary/aromatic N) is 1. The molecule has 0 aliphatic rings. The van der Waals surface area contributed by atoms with Crippen molar-refractivity contribution < 1.29 is 9.18 Å². The molecule has 0 aliphatic carbocycles. The van der Waals surface area contributed by atoms with Crippen molar-refractivity contribution in [3.8, 4) is 0 Å². The zero-order valence-corrected chi connectivity index (χ0v) is 12.7. The van der Waals surface area contributed by atoms with E-state index in [1.54, 1.807) is 18.2 Å². The van der Waals surface area contributed by atoms with Gasteiger partial charge in [-0.2, -0.15) is 0 Å². The number of carbonyl (C=O) groups excluding carboxylic acids is 1. The quantitative estimate of drug-likeness (QED) is 0.874. The minimum absolute atomic E-state index is 0.0165. The van der Waals surface area contributed by atoms with Crippen LogP contribution < -0.4 is 10.6 Å². The van der Waals surface area contributed by atoms with E-state index in [1.807, 2.05) is 0 Å². The Labute approximate surface area is 128 Å². The molecule has 0 saturated carbocycles. The van der Waals surface area contributed by atoms with Crippen LogP contribution in [0.25, 0.3) is 0 Å². The fraction of sp³-hybridized carbons (Fsp3) is 0.0769. The van der Waals surface area contributed by atoms with Gasteiger partial charge in [0.05, 0.1) is 20.7 Å². The highest BCUT2D eigenvalue weighted by Crippen LogP contribution is 2.30. The molecule has 104 valence electrons. The molecule has 2 aromatic rings. The number of amides is 1. The van der Waals surface area contributed by atoms with Crippen molar-refractivity contribution in [1.29, 1.82) is 0 Å². The summed E-state index contributed by atoms with van der Waals surface area (Å²) >= 11 is 9.19. The van der Waals surface area contributed by atoms with E-state index < -0.39 is 11.7 Å². The van der Waals surface area contributed by atoms with E-state index in [1.165, 1.54) is 19.3 Å². The Morgan fingerprint density at radius 2 is 2.15 bits per heavy atom. The van der Waals surface area contributed by atoms with Crippen LogP contribution >= 0.6 is 27.5 Å². The molecule has 0 bridgehead atoms. The van der Waals surface area contributed by atoms with E-state index in [9.17, 15) is 9.18 Å². The molecule has 2 rings (SSSR count).